The number of nitrogens with zero attached hydrogens (tertiary/aromatic N) is 2. The Balaban J connectivity index is 1.50. The van der Waals surface area contributed by atoms with E-state index in [0.717, 1.165) is 26.1 Å². The zero-order valence-corrected chi connectivity index (χ0v) is 17.2. The number of carboxylic acid groups (broad SMARTS) is 1. The van der Waals surface area contributed by atoms with E-state index in [1.807, 2.05) is 19.9 Å². The van der Waals surface area contributed by atoms with Crippen LogP contribution in [0.25, 0.3) is 0 Å². The standard InChI is InChI=1S/C22H33N3O3/c1-15(11-16(2)24(3)22(27)28)21(26)23-20-10-9-18-13-25(14-19(18)20)12-17-7-5-4-6-8-17/h4-8,15-16,18-20H,9-14H2,1-3H3,(H,23,26)(H,27,28)/t15-,16?,18-,19+,20-/m0/s1. The van der Waals surface area contributed by atoms with Crippen molar-refractivity contribution in [2.45, 2.75) is 51.7 Å². The number of carbonyl (C=O) groups excluding carboxylic acids is 1. The van der Waals surface area contributed by atoms with Gasteiger partial charge in [0.05, 0.1) is 0 Å². The molecule has 1 heterocycles. The van der Waals surface area contributed by atoms with Crippen LogP contribution in [0.4, 0.5) is 4.79 Å². The summed E-state index contributed by atoms with van der Waals surface area (Å²) in [6, 6.07) is 10.6. The van der Waals surface area contributed by atoms with Crippen molar-refractivity contribution in [2.24, 2.45) is 17.8 Å². The molecule has 0 radical (unpaired) electrons. The molecule has 3 rings (SSSR count). The second-order valence-electron chi connectivity index (χ2n) is 8.68. The molecule has 1 aliphatic heterocycles. The second-order valence-corrected chi connectivity index (χ2v) is 8.68. The van der Waals surface area contributed by atoms with Gasteiger partial charge in [0.2, 0.25) is 5.91 Å². The quantitative estimate of drug-likeness (QED) is 0.754. The zero-order chi connectivity index (χ0) is 20.3. The fraction of sp³-hybridized carbons (Fsp3) is 0.636. The van der Waals surface area contributed by atoms with Gasteiger partial charge in [0.1, 0.15) is 0 Å². The predicted molar refractivity (Wildman–Crippen MR) is 109 cm³/mol. The molecule has 2 aliphatic rings. The van der Waals surface area contributed by atoms with Crippen molar-refractivity contribution >= 4 is 12.0 Å². The number of nitrogens with one attached hydrogen (secondary N) is 1. The van der Waals surface area contributed by atoms with Crippen molar-refractivity contribution in [3.8, 4) is 0 Å². The lowest BCUT2D eigenvalue weighted by Gasteiger charge is -2.26. The highest BCUT2D eigenvalue weighted by Crippen LogP contribution is 2.38. The third kappa shape index (κ3) is 4.85. The molecule has 1 saturated carbocycles. The van der Waals surface area contributed by atoms with E-state index in [0.29, 0.717) is 18.3 Å². The maximum absolute atomic E-state index is 12.7. The third-order valence-electron chi connectivity index (χ3n) is 6.61. The van der Waals surface area contributed by atoms with Gasteiger partial charge in [-0.05, 0) is 43.6 Å². The van der Waals surface area contributed by atoms with Crippen LogP contribution in [-0.4, -0.2) is 59.1 Å². The van der Waals surface area contributed by atoms with Crippen LogP contribution in [0, 0.1) is 17.8 Å². The molecule has 1 aliphatic carbocycles. The van der Waals surface area contributed by atoms with Gasteiger partial charge in [-0.2, -0.15) is 0 Å². The average Bonchev–Trinajstić information content (AvgIpc) is 3.22. The van der Waals surface area contributed by atoms with Gasteiger partial charge in [-0.15, -0.1) is 0 Å². The summed E-state index contributed by atoms with van der Waals surface area (Å²) in [5.41, 5.74) is 1.34. The Morgan fingerprint density at radius 2 is 1.93 bits per heavy atom. The van der Waals surface area contributed by atoms with E-state index in [1.54, 1.807) is 7.05 Å². The molecule has 2 fully saturated rings. The molecule has 6 heteroatoms. The van der Waals surface area contributed by atoms with Gasteiger partial charge in [0.25, 0.3) is 0 Å². The number of hydrogen-bond donors (Lipinski definition) is 2. The Kier molecular flexibility index (Phi) is 6.60. The maximum Gasteiger partial charge on any atom is 0.407 e. The van der Waals surface area contributed by atoms with Gasteiger partial charge < -0.3 is 15.3 Å². The van der Waals surface area contributed by atoms with Crippen LogP contribution >= 0.6 is 0 Å². The van der Waals surface area contributed by atoms with Crippen molar-refractivity contribution in [3.63, 3.8) is 0 Å². The summed E-state index contributed by atoms with van der Waals surface area (Å²) >= 11 is 0. The highest BCUT2D eigenvalue weighted by Gasteiger charge is 2.43. The maximum atomic E-state index is 12.7. The van der Waals surface area contributed by atoms with Crippen LogP contribution in [0.15, 0.2) is 30.3 Å². The normalized spacial score (nSPS) is 26.5. The Labute approximate surface area is 167 Å². The van der Waals surface area contributed by atoms with Crippen LogP contribution in [0.3, 0.4) is 0 Å². The highest BCUT2D eigenvalue weighted by molar-refractivity contribution is 5.78. The van der Waals surface area contributed by atoms with Crippen molar-refractivity contribution in [1.29, 1.82) is 0 Å². The molecule has 2 amide bonds. The largest absolute Gasteiger partial charge is 0.465 e. The summed E-state index contributed by atoms with van der Waals surface area (Å²) in [4.78, 5) is 27.6. The van der Waals surface area contributed by atoms with Gasteiger partial charge in [-0.1, -0.05) is 37.3 Å². The SMILES string of the molecule is CC(C[C@H](C)C(=O)N[C@H]1CC[C@H]2CN(Cc3ccccc3)C[C@H]21)N(C)C(=O)O. The van der Waals surface area contributed by atoms with Gasteiger partial charge in [-0.3, -0.25) is 9.69 Å². The minimum atomic E-state index is -0.955. The molecule has 0 spiro atoms. The number of benzene rings is 1. The van der Waals surface area contributed by atoms with E-state index in [9.17, 15) is 9.59 Å². The number of amides is 2. The summed E-state index contributed by atoms with van der Waals surface area (Å²) < 4.78 is 0. The van der Waals surface area contributed by atoms with Crippen LogP contribution in [0.2, 0.25) is 0 Å². The first-order valence-electron chi connectivity index (χ1n) is 10.4. The number of rotatable bonds is 7. The van der Waals surface area contributed by atoms with Crippen LogP contribution in [-0.2, 0) is 11.3 Å². The lowest BCUT2D eigenvalue weighted by atomic mass is 9.96. The molecule has 1 aromatic carbocycles. The van der Waals surface area contributed by atoms with Gasteiger partial charge >= 0.3 is 6.09 Å². The Morgan fingerprint density at radius 1 is 1.21 bits per heavy atom. The smallest absolute Gasteiger partial charge is 0.407 e. The van der Waals surface area contributed by atoms with Crippen molar-refractivity contribution in [3.05, 3.63) is 35.9 Å². The minimum Gasteiger partial charge on any atom is -0.465 e. The molecule has 28 heavy (non-hydrogen) atoms. The molecule has 6 nitrogen and oxygen atoms in total. The van der Waals surface area contributed by atoms with Gasteiger partial charge in [0, 0.05) is 44.7 Å². The molecule has 0 bridgehead atoms. The topological polar surface area (TPSA) is 72.9 Å². The first kappa shape index (κ1) is 20.6. The Bertz CT molecular complexity index is 681. The summed E-state index contributed by atoms with van der Waals surface area (Å²) in [6.45, 7) is 6.87. The molecule has 1 unspecified atom stereocenters. The van der Waals surface area contributed by atoms with E-state index >= 15 is 0 Å². The molecular formula is C22H33N3O3. The van der Waals surface area contributed by atoms with E-state index in [4.69, 9.17) is 5.11 Å². The highest BCUT2D eigenvalue weighted by atomic mass is 16.4. The fourth-order valence-electron chi connectivity index (χ4n) is 4.80. The van der Waals surface area contributed by atoms with Crippen LogP contribution in [0.1, 0.15) is 38.7 Å². The molecule has 5 atom stereocenters. The monoisotopic (exact) mass is 387 g/mol. The van der Waals surface area contributed by atoms with Gasteiger partial charge in [0.15, 0.2) is 0 Å². The summed E-state index contributed by atoms with van der Waals surface area (Å²) in [6.07, 6.45) is 1.81. The lowest BCUT2D eigenvalue weighted by molar-refractivity contribution is -0.126. The Hall–Kier alpha value is -2.08. The van der Waals surface area contributed by atoms with Gasteiger partial charge in [-0.25, -0.2) is 4.79 Å². The van der Waals surface area contributed by atoms with Crippen molar-refractivity contribution in [2.75, 3.05) is 20.1 Å². The first-order chi connectivity index (χ1) is 13.3. The van der Waals surface area contributed by atoms with E-state index in [-0.39, 0.29) is 23.9 Å². The number of hydrogen-bond acceptors (Lipinski definition) is 3. The zero-order valence-electron chi connectivity index (χ0n) is 17.2. The predicted octanol–water partition coefficient (Wildman–Crippen LogP) is 3.04. The molecule has 0 aromatic heterocycles. The van der Waals surface area contributed by atoms with Crippen molar-refractivity contribution in [1.82, 2.24) is 15.1 Å². The first-order valence-corrected chi connectivity index (χ1v) is 10.4. The summed E-state index contributed by atoms with van der Waals surface area (Å²) in [7, 11) is 1.55. The third-order valence-corrected chi connectivity index (χ3v) is 6.61. The molecule has 2 N–H and O–H groups in total. The van der Waals surface area contributed by atoms with E-state index < -0.39 is 6.09 Å². The number of likely N-dealkylation sites (tertiary alicyclic amines) is 1. The van der Waals surface area contributed by atoms with E-state index in [2.05, 4.69) is 34.5 Å². The average molecular weight is 388 g/mol. The number of carbonyl (C=O) groups is 2. The van der Waals surface area contributed by atoms with Crippen LogP contribution < -0.4 is 5.32 Å². The Morgan fingerprint density at radius 3 is 2.61 bits per heavy atom. The van der Waals surface area contributed by atoms with Crippen LogP contribution in [0.5, 0.6) is 0 Å². The number of fused-ring (bicyclic) bond motifs is 1. The molecule has 154 valence electrons. The summed E-state index contributed by atoms with van der Waals surface area (Å²) in [5, 5.41) is 12.4. The molecule has 1 aromatic rings. The summed E-state index contributed by atoms with van der Waals surface area (Å²) in [5.74, 6) is 1.05. The van der Waals surface area contributed by atoms with E-state index in [1.165, 1.54) is 16.9 Å². The van der Waals surface area contributed by atoms with Crippen molar-refractivity contribution < 1.29 is 14.7 Å². The second kappa shape index (κ2) is 8.95. The lowest BCUT2D eigenvalue weighted by Crippen LogP contribution is -2.44. The fourth-order valence-corrected chi connectivity index (χ4v) is 4.80. The molecule has 1 saturated heterocycles. The molecular weight excluding hydrogens is 354 g/mol. The minimum absolute atomic E-state index is 0.0535.